The van der Waals surface area contributed by atoms with E-state index in [2.05, 4.69) is 41.5 Å². The Balaban J connectivity index is 1.71. The maximum absolute atomic E-state index is 4.29. The zero-order chi connectivity index (χ0) is 13.7. The van der Waals surface area contributed by atoms with Crippen molar-refractivity contribution in [2.45, 2.75) is 39.3 Å². The minimum Gasteiger partial charge on any atom is -0.312 e. The predicted molar refractivity (Wildman–Crippen MR) is 77.1 cm³/mol. The van der Waals surface area contributed by atoms with Gasteiger partial charge in [-0.25, -0.2) is 4.52 Å². The van der Waals surface area contributed by atoms with Crippen molar-refractivity contribution in [3.63, 3.8) is 0 Å². The molecule has 0 unspecified atom stereocenters. The largest absolute Gasteiger partial charge is 0.312 e. The molecular weight excluding hydrogens is 238 g/mol. The molecule has 0 saturated heterocycles. The second kappa shape index (κ2) is 6.12. The summed E-state index contributed by atoms with van der Waals surface area (Å²) in [5.74, 6) is 0. The fourth-order valence-corrected chi connectivity index (χ4v) is 1.92. The third-order valence-electron chi connectivity index (χ3n) is 2.91. The summed E-state index contributed by atoms with van der Waals surface area (Å²) in [5, 5.41) is 11.2. The smallest absolute Gasteiger partial charge is 0.0889 e. The average molecular weight is 261 g/mol. The highest BCUT2D eigenvalue weighted by Crippen LogP contribution is 2.07. The van der Waals surface area contributed by atoms with E-state index in [0.717, 1.165) is 31.6 Å². The van der Waals surface area contributed by atoms with Gasteiger partial charge < -0.3 is 10.6 Å². The predicted octanol–water partition coefficient (Wildman–Crippen LogP) is 1.60. The van der Waals surface area contributed by atoms with Crippen molar-refractivity contribution >= 4 is 5.52 Å². The van der Waals surface area contributed by atoms with Crippen molar-refractivity contribution in [3.8, 4) is 0 Å². The molecule has 0 atom stereocenters. The van der Waals surface area contributed by atoms with Crippen LogP contribution in [0.1, 0.15) is 32.8 Å². The summed E-state index contributed by atoms with van der Waals surface area (Å²) in [6, 6.07) is 0. The van der Waals surface area contributed by atoms with E-state index in [0.29, 0.717) is 0 Å². The van der Waals surface area contributed by atoms with Crippen LogP contribution in [0.15, 0.2) is 24.8 Å². The first-order valence-corrected chi connectivity index (χ1v) is 6.78. The molecule has 0 amide bonds. The Morgan fingerprint density at radius 2 is 2.05 bits per heavy atom. The molecule has 19 heavy (non-hydrogen) atoms. The zero-order valence-corrected chi connectivity index (χ0v) is 12.0. The van der Waals surface area contributed by atoms with E-state index in [1.54, 1.807) is 6.20 Å². The summed E-state index contributed by atoms with van der Waals surface area (Å²) in [6.45, 7) is 9.43. The number of aromatic nitrogens is 3. The minimum atomic E-state index is 0.202. The van der Waals surface area contributed by atoms with Crippen molar-refractivity contribution in [1.82, 2.24) is 25.2 Å². The van der Waals surface area contributed by atoms with Crippen molar-refractivity contribution in [2.24, 2.45) is 0 Å². The standard InChI is InChI=1S/C14H23N5/c1-14(2,3)17-6-4-5-15-9-12-10-18-19-8-7-16-11-13(12)19/h7-8,10-11,15,17H,4-6,9H2,1-3H3. The van der Waals surface area contributed by atoms with Crippen LogP contribution in [0.25, 0.3) is 5.52 Å². The number of hydrogen-bond donors (Lipinski definition) is 2. The molecule has 5 nitrogen and oxygen atoms in total. The summed E-state index contributed by atoms with van der Waals surface area (Å²) in [5.41, 5.74) is 2.47. The van der Waals surface area contributed by atoms with Gasteiger partial charge in [0.2, 0.25) is 0 Å². The second-order valence-electron chi connectivity index (χ2n) is 5.78. The van der Waals surface area contributed by atoms with Crippen LogP contribution in [0.2, 0.25) is 0 Å². The van der Waals surface area contributed by atoms with Gasteiger partial charge in [0.1, 0.15) is 0 Å². The third-order valence-corrected chi connectivity index (χ3v) is 2.91. The molecule has 2 aromatic rings. The lowest BCUT2D eigenvalue weighted by molar-refractivity contribution is 0.418. The van der Waals surface area contributed by atoms with Crippen LogP contribution in [-0.2, 0) is 6.54 Å². The van der Waals surface area contributed by atoms with Crippen LogP contribution in [0.3, 0.4) is 0 Å². The van der Waals surface area contributed by atoms with Crippen molar-refractivity contribution < 1.29 is 0 Å². The zero-order valence-electron chi connectivity index (χ0n) is 12.0. The fourth-order valence-electron chi connectivity index (χ4n) is 1.92. The van der Waals surface area contributed by atoms with Gasteiger partial charge in [-0.05, 0) is 40.3 Å². The molecule has 0 bridgehead atoms. The average Bonchev–Trinajstić information content (AvgIpc) is 2.76. The van der Waals surface area contributed by atoms with Crippen LogP contribution >= 0.6 is 0 Å². The van der Waals surface area contributed by atoms with E-state index in [1.807, 2.05) is 23.1 Å². The maximum Gasteiger partial charge on any atom is 0.0889 e. The first-order chi connectivity index (χ1) is 9.06. The van der Waals surface area contributed by atoms with Crippen molar-refractivity contribution in [1.29, 1.82) is 0 Å². The second-order valence-corrected chi connectivity index (χ2v) is 5.78. The van der Waals surface area contributed by atoms with Gasteiger partial charge in [-0.2, -0.15) is 5.10 Å². The Bertz CT molecular complexity index is 512. The molecule has 0 fully saturated rings. The number of rotatable bonds is 6. The summed E-state index contributed by atoms with van der Waals surface area (Å²) in [6.07, 6.45) is 8.48. The molecule has 2 aromatic heterocycles. The number of nitrogens with zero attached hydrogens (tertiary/aromatic N) is 3. The van der Waals surface area contributed by atoms with Gasteiger partial charge in [-0.3, -0.25) is 4.98 Å². The summed E-state index contributed by atoms with van der Waals surface area (Å²) < 4.78 is 1.85. The normalized spacial score (nSPS) is 12.2. The monoisotopic (exact) mass is 261 g/mol. The topological polar surface area (TPSA) is 54.2 Å². The highest BCUT2D eigenvalue weighted by molar-refractivity contribution is 5.51. The Morgan fingerprint density at radius 3 is 2.84 bits per heavy atom. The molecule has 104 valence electrons. The van der Waals surface area contributed by atoms with Gasteiger partial charge in [-0.15, -0.1) is 0 Å². The van der Waals surface area contributed by atoms with Crippen LogP contribution < -0.4 is 10.6 Å². The van der Waals surface area contributed by atoms with E-state index in [4.69, 9.17) is 0 Å². The third kappa shape index (κ3) is 4.29. The lowest BCUT2D eigenvalue weighted by Crippen LogP contribution is -2.37. The first-order valence-electron chi connectivity index (χ1n) is 6.78. The first kappa shape index (κ1) is 14.0. The quantitative estimate of drug-likeness (QED) is 0.776. The SMILES string of the molecule is CC(C)(C)NCCCNCc1cnn2ccncc12. The number of fused-ring (bicyclic) bond motifs is 1. The van der Waals surface area contributed by atoms with Crippen molar-refractivity contribution in [2.75, 3.05) is 13.1 Å². The Morgan fingerprint density at radius 1 is 1.21 bits per heavy atom. The molecule has 5 heteroatoms. The van der Waals surface area contributed by atoms with E-state index in [-0.39, 0.29) is 5.54 Å². The van der Waals surface area contributed by atoms with E-state index < -0.39 is 0 Å². The number of hydrogen-bond acceptors (Lipinski definition) is 4. The van der Waals surface area contributed by atoms with Crippen LogP contribution in [0, 0.1) is 0 Å². The highest BCUT2D eigenvalue weighted by atomic mass is 15.2. The van der Waals surface area contributed by atoms with E-state index in [1.165, 1.54) is 5.56 Å². The van der Waals surface area contributed by atoms with Gasteiger partial charge in [0.15, 0.2) is 0 Å². The molecule has 0 aliphatic heterocycles. The number of nitrogens with one attached hydrogen (secondary N) is 2. The van der Waals surface area contributed by atoms with Crippen molar-refractivity contribution in [3.05, 3.63) is 30.4 Å². The summed E-state index contributed by atoms with van der Waals surface area (Å²) in [4.78, 5) is 4.13. The van der Waals surface area contributed by atoms with Gasteiger partial charge in [0, 0.05) is 30.0 Å². The Hall–Kier alpha value is -1.46. The lowest BCUT2D eigenvalue weighted by Gasteiger charge is -2.20. The molecular formula is C14H23N5. The van der Waals surface area contributed by atoms with Crippen LogP contribution in [-0.4, -0.2) is 33.2 Å². The highest BCUT2D eigenvalue weighted by Gasteiger charge is 2.07. The molecule has 0 radical (unpaired) electrons. The molecule has 0 aliphatic carbocycles. The molecule has 0 saturated carbocycles. The Labute approximate surface area is 114 Å². The van der Waals surface area contributed by atoms with Gasteiger partial charge in [-0.1, -0.05) is 0 Å². The molecule has 0 spiro atoms. The summed E-state index contributed by atoms with van der Waals surface area (Å²) >= 11 is 0. The summed E-state index contributed by atoms with van der Waals surface area (Å²) in [7, 11) is 0. The molecule has 0 aliphatic rings. The molecule has 2 heterocycles. The van der Waals surface area contributed by atoms with E-state index >= 15 is 0 Å². The Kier molecular flexibility index (Phi) is 4.50. The van der Waals surface area contributed by atoms with Gasteiger partial charge in [0.05, 0.1) is 17.9 Å². The fraction of sp³-hybridized carbons (Fsp3) is 0.571. The van der Waals surface area contributed by atoms with Gasteiger partial charge >= 0.3 is 0 Å². The maximum atomic E-state index is 4.29. The minimum absolute atomic E-state index is 0.202. The van der Waals surface area contributed by atoms with Crippen LogP contribution in [0.4, 0.5) is 0 Å². The lowest BCUT2D eigenvalue weighted by atomic mass is 10.1. The van der Waals surface area contributed by atoms with Gasteiger partial charge in [0.25, 0.3) is 0 Å². The van der Waals surface area contributed by atoms with E-state index in [9.17, 15) is 0 Å². The van der Waals surface area contributed by atoms with Crippen LogP contribution in [0.5, 0.6) is 0 Å². The molecule has 2 N–H and O–H groups in total. The molecule has 0 aromatic carbocycles. The molecule has 2 rings (SSSR count).